The zero-order chi connectivity index (χ0) is 11.3. The summed E-state index contributed by atoms with van der Waals surface area (Å²) in [5.74, 6) is 1.95. The van der Waals surface area contributed by atoms with Crippen molar-refractivity contribution in [3.05, 3.63) is 11.6 Å². The van der Waals surface area contributed by atoms with Crippen molar-refractivity contribution in [2.24, 2.45) is 0 Å². The molecular weight excluding hydrogens is 192 g/mol. The molecule has 0 aliphatic heterocycles. The zero-order valence-electron chi connectivity index (χ0n) is 9.95. The first-order valence-corrected chi connectivity index (χ1v) is 5.26. The molecule has 0 spiro atoms. The van der Waals surface area contributed by atoms with Gasteiger partial charge in [0.05, 0.1) is 13.2 Å². The van der Waals surface area contributed by atoms with Gasteiger partial charge in [-0.1, -0.05) is 0 Å². The summed E-state index contributed by atoms with van der Waals surface area (Å²) in [6.45, 7) is 8.54. The smallest absolute Gasteiger partial charge is 0.147 e. The largest absolute Gasteiger partial charge is 0.383 e. The first-order valence-electron chi connectivity index (χ1n) is 5.26. The molecule has 1 N–H and O–H groups in total. The van der Waals surface area contributed by atoms with Crippen LogP contribution in [0.4, 0.5) is 0 Å². The third-order valence-electron chi connectivity index (χ3n) is 2.22. The quantitative estimate of drug-likeness (QED) is 0.712. The molecule has 15 heavy (non-hydrogen) atoms. The summed E-state index contributed by atoms with van der Waals surface area (Å²) in [5.41, 5.74) is 0. The molecule has 86 valence electrons. The van der Waals surface area contributed by atoms with Gasteiger partial charge in [-0.25, -0.2) is 0 Å². The molecule has 0 bridgehead atoms. The molecule has 0 aliphatic carbocycles. The lowest BCUT2D eigenvalue weighted by molar-refractivity contribution is 0.198. The maximum atomic E-state index is 4.96. The molecule has 0 amide bonds. The lowest BCUT2D eigenvalue weighted by Crippen LogP contribution is -2.22. The zero-order valence-corrected chi connectivity index (χ0v) is 9.95. The van der Waals surface area contributed by atoms with E-state index in [1.807, 2.05) is 6.92 Å². The van der Waals surface area contributed by atoms with E-state index in [9.17, 15) is 0 Å². The summed E-state index contributed by atoms with van der Waals surface area (Å²) < 4.78 is 7.10. The Morgan fingerprint density at radius 2 is 2.13 bits per heavy atom. The molecule has 5 heteroatoms. The molecule has 1 aromatic heterocycles. The monoisotopic (exact) mass is 212 g/mol. The summed E-state index contributed by atoms with van der Waals surface area (Å²) in [6, 6.07) is 0.402. The number of nitrogens with one attached hydrogen (secondary N) is 1. The standard InChI is InChI=1S/C10H20N4O/c1-8(2)14-9(3)12-13-10(14)7-11-5-6-15-4/h8,11H,5-7H2,1-4H3. The first kappa shape index (κ1) is 12.1. The highest BCUT2D eigenvalue weighted by molar-refractivity contribution is 4.95. The Morgan fingerprint density at radius 3 is 2.73 bits per heavy atom. The number of rotatable bonds is 6. The molecule has 0 fully saturated rings. The van der Waals surface area contributed by atoms with Gasteiger partial charge < -0.3 is 14.6 Å². The van der Waals surface area contributed by atoms with Gasteiger partial charge in [-0.3, -0.25) is 0 Å². The number of hydrogen-bond donors (Lipinski definition) is 1. The van der Waals surface area contributed by atoms with Crippen LogP contribution in [0, 0.1) is 6.92 Å². The van der Waals surface area contributed by atoms with Crippen LogP contribution in [0.1, 0.15) is 31.5 Å². The number of aromatic nitrogens is 3. The fourth-order valence-corrected chi connectivity index (χ4v) is 1.58. The average molecular weight is 212 g/mol. The van der Waals surface area contributed by atoms with Crippen molar-refractivity contribution in [2.45, 2.75) is 33.4 Å². The maximum absolute atomic E-state index is 4.96. The lowest BCUT2D eigenvalue weighted by Gasteiger charge is -2.12. The first-order chi connectivity index (χ1) is 7.16. The number of methoxy groups -OCH3 is 1. The Labute approximate surface area is 90.8 Å². The van der Waals surface area contributed by atoms with Crippen molar-refractivity contribution in [3.63, 3.8) is 0 Å². The second-order valence-electron chi connectivity index (χ2n) is 3.80. The van der Waals surface area contributed by atoms with Gasteiger partial charge in [0.2, 0.25) is 0 Å². The van der Waals surface area contributed by atoms with Gasteiger partial charge in [-0.15, -0.1) is 10.2 Å². The predicted molar refractivity (Wildman–Crippen MR) is 58.7 cm³/mol. The summed E-state index contributed by atoms with van der Waals surface area (Å²) in [5, 5.41) is 11.5. The topological polar surface area (TPSA) is 52.0 Å². The Balaban J connectivity index is 2.53. The molecular formula is C10H20N4O. The fourth-order valence-electron chi connectivity index (χ4n) is 1.58. The average Bonchev–Trinajstić information content (AvgIpc) is 2.54. The molecule has 1 rings (SSSR count). The Morgan fingerprint density at radius 1 is 1.40 bits per heavy atom. The van der Waals surface area contributed by atoms with Gasteiger partial charge in [0.15, 0.2) is 0 Å². The maximum Gasteiger partial charge on any atom is 0.147 e. The van der Waals surface area contributed by atoms with Gasteiger partial charge in [0.25, 0.3) is 0 Å². The molecule has 0 saturated heterocycles. The minimum atomic E-state index is 0.402. The van der Waals surface area contributed by atoms with Crippen LogP contribution in [-0.4, -0.2) is 35.0 Å². The number of nitrogens with zero attached hydrogens (tertiary/aromatic N) is 3. The molecule has 0 saturated carbocycles. The van der Waals surface area contributed by atoms with Crippen molar-refractivity contribution in [2.75, 3.05) is 20.3 Å². The van der Waals surface area contributed by atoms with Gasteiger partial charge in [-0.2, -0.15) is 0 Å². The van der Waals surface area contributed by atoms with E-state index in [4.69, 9.17) is 4.74 Å². The summed E-state index contributed by atoms with van der Waals surface area (Å²) in [6.07, 6.45) is 0. The van der Waals surface area contributed by atoms with Crippen LogP contribution >= 0.6 is 0 Å². The Hall–Kier alpha value is -0.940. The van der Waals surface area contributed by atoms with Gasteiger partial charge >= 0.3 is 0 Å². The fraction of sp³-hybridized carbons (Fsp3) is 0.800. The van der Waals surface area contributed by atoms with E-state index >= 15 is 0 Å². The molecule has 0 radical (unpaired) electrons. The third-order valence-corrected chi connectivity index (χ3v) is 2.22. The van der Waals surface area contributed by atoms with E-state index in [1.54, 1.807) is 7.11 Å². The van der Waals surface area contributed by atoms with E-state index in [0.717, 1.165) is 31.3 Å². The van der Waals surface area contributed by atoms with Crippen molar-refractivity contribution < 1.29 is 4.74 Å². The Kier molecular flexibility index (Phi) is 4.71. The Bertz CT molecular complexity index is 296. The van der Waals surface area contributed by atoms with E-state index < -0.39 is 0 Å². The van der Waals surface area contributed by atoms with Crippen LogP contribution in [0.3, 0.4) is 0 Å². The molecule has 1 aromatic rings. The molecule has 5 nitrogen and oxygen atoms in total. The van der Waals surface area contributed by atoms with Gasteiger partial charge in [0.1, 0.15) is 11.6 Å². The lowest BCUT2D eigenvalue weighted by atomic mass is 10.3. The van der Waals surface area contributed by atoms with Crippen LogP contribution < -0.4 is 5.32 Å². The van der Waals surface area contributed by atoms with Crippen molar-refractivity contribution in [1.29, 1.82) is 0 Å². The SMILES string of the molecule is COCCNCc1nnc(C)n1C(C)C. The molecule has 1 heterocycles. The van der Waals surface area contributed by atoms with E-state index in [1.165, 1.54) is 0 Å². The van der Waals surface area contributed by atoms with E-state index in [2.05, 4.69) is 33.9 Å². The minimum absolute atomic E-state index is 0.402. The van der Waals surface area contributed by atoms with Crippen molar-refractivity contribution in [3.8, 4) is 0 Å². The summed E-state index contributed by atoms with van der Waals surface area (Å²) >= 11 is 0. The summed E-state index contributed by atoms with van der Waals surface area (Å²) in [7, 11) is 1.70. The van der Waals surface area contributed by atoms with Crippen LogP contribution in [0.25, 0.3) is 0 Å². The number of hydrogen-bond acceptors (Lipinski definition) is 4. The minimum Gasteiger partial charge on any atom is -0.383 e. The van der Waals surface area contributed by atoms with Crippen molar-refractivity contribution in [1.82, 2.24) is 20.1 Å². The van der Waals surface area contributed by atoms with E-state index in [0.29, 0.717) is 6.04 Å². The summed E-state index contributed by atoms with van der Waals surface area (Å²) in [4.78, 5) is 0. The van der Waals surface area contributed by atoms with Crippen LogP contribution in [0.2, 0.25) is 0 Å². The molecule has 0 aliphatic rings. The number of ether oxygens (including phenoxy) is 1. The molecule has 0 atom stereocenters. The number of aryl methyl sites for hydroxylation is 1. The second kappa shape index (κ2) is 5.82. The van der Waals surface area contributed by atoms with E-state index in [-0.39, 0.29) is 0 Å². The van der Waals surface area contributed by atoms with Gasteiger partial charge in [0, 0.05) is 19.7 Å². The molecule has 0 aromatic carbocycles. The highest BCUT2D eigenvalue weighted by atomic mass is 16.5. The highest BCUT2D eigenvalue weighted by Crippen LogP contribution is 2.10. The molecule has 0 unspecified atom stereocenters. The predicted octanol–water partition coefficient (Wildman–Crippen LogP) is 0.903. The highest BCUT2D eigenvalue weighted by Gasteiger charge is 2.10. The van der Waals surface area contributed by atoms with Crippen LogP contribution in [0.15, 0.2) is 0 Å². The van der Waals surface area contributed by atoms with Gasteiger partial charge in [-0.05, 0) is 20.8 Å². The normalized spacial score (nSPS) is 11.3. The van der Waals surface area contributed by atoms with Crippen LogP contribution in [0.5, 0.6) is 0 Å². The van der Waals surface area contributed by atoms with Crippen molar-refractivity contribution >= 4 is 0 Å². The third kappa shape index (κ3) is 3.28. The van der Waals surface area contributed by atoms with Crippen LogP contribution in [-0.2, 0) is 11.3 Å². The second-order valence-corrected chi connectivity index (χ2v) is 3.80.